The molecule has 3 nitrogen and oxygen atoms in total. The summed E-state index contributed by atoms with van der Waals surface area (Å²) >= 11 is 6.03. The summed E-state index contributed by atoms with van der Waals surface area (Å²) in [5.74, 6) is 0.889. The van der Waals surface area contributed by atoms with Crippen LogP contribution in [0.15, 0.2) is 18.2 Å². The van der Waals surface area contributed by atoms with Gasteiger partial charge >= 0.3 is 0 Å². The number of fused-ring (bicyclic) bond motifs is 1. The third-order valence-corrected chi connectivity index (χ3v) is 4.49. The molecule has 2 N–H and O–H groups in total. The Morgan fingerprint density at radius 3 is 3.05 bits per heavy atom. The minimum Gasteiger partial charge on any atom is -0.487 e. The Labute approximate surface area is 119 Å². The lowest BCUT2D eigenvalue weighted by Crippen LogP contribution is -2.49. The molecule has 3 atom stereocenters. The topological polar surface area (TPSA) is 44.5 Å². The van der Waals surface area contributed by atoms with Crippen LogP contribution in [0.3, 0.4) is 0 Å². The van der Waals surface area contributed by atoms with Crippen LogP contribution >= 0.6 is 11.6 Å². The molecule has 0 radical (unpaired) electrons. The smallest absolute Gasteiger partial charge is 0.125 e. The highest BCUT2D eigenvalue weighted by atomic mass is 35.5. The van der Waals surface area contributed by atoms with Crippen molar-refractivity contribution < 1.29 is 9.47 Å². The lowest BCUT2D eigenvalue weighted by atomic mass is 9.80. The molecule has 1 aromatic carbocycles. The van der Waals surface area contributed by atoms with Gasteiger partial charge in [-0.05, 0) is 24.6 Å². The molecule has 0 aliphatic carbocycles. The van der Waals surface area contributed by atoms with Gasteiger partial charge in [0.05, 0.1) is 12.7 Å². The Bertz CT molecular complexity index is 479. The van der Waals surface area contributed by atoms with E-state index in [9.17, 15) is 0 Å². The fourth-order valence-electron chi connectivity index (χ4n) is 3.22. The van der Waals surface area contributed by atoms with E-state index in [4.69, 9.17) is 26.8 Å². The average molecular weight is 282 g/mol. The van der Waals surface area contributed by atoms with Crippen LogP contribution in [0.2, 0.25) is 5.02 Å². The maximum atomic E-state index is 6.33. The monoisotopic (exact) mass is 281 g/mol. The van der Waals surface area contributed by atoms with Crippen molar-refractivity contribution in [3.05, 3.63) is 28.8 Å². The normalized spacial score (nSPS) is 33.8. The molecule has 2 aliphatic heterocycles. The van der Waals surface area contributed by atoms with Gasteiger partial charge in [-0.15, -0.1) is 0 Å². The van der Waals surface area contributed by atoms with Crippen molar-refractivity contribution in [2.75, 3.05) is 6.61 Å². The molecule has 2 aliphatic rings. The van der Waals surface area contributed by atoms with Crippen LogP contribution in [0.25, 0.3) is 0 Å². The molecular formula is C15H20ClNO2. The summed E-state index contributed by atoms with van der Waals surface area (Å²) in [7, 11) is 0. The SMILES string of the molecule is CCC1CC2(CCO1)CC(N)c1cc(Cl)ccc1O2. The lowest BCUT2D eigenvalue weighted by molar-refractivity contribution is -0.102. The number of benzene rings is 1. The number of ether oxygens (including phenoxy) is 2. The van der Waals surface area contributed by atoms with Crippen molar-refractivity contribution in [3.63, 3.8) is 0 Å². The maximum absolute atomic E-state index is 6.33. The Balaban J connectivity index is 1.89. The van der Waals surface area contributed by atoms with Crippen LogP contribution in [0.5, 0.6) is 5.75 Å². The standard InChI is InChI=1S/C15H20ClNO2/c1-2-11-8-15(5-6-18-11)9-13(17)12-7-10(16)3-4-14(12)19-15/h3-4,7,11,13H,2,5-6,8-9,17H2,1H3. The van der Waals surface area contributed by atoms with E-state index in [1.807, 2.05) is 18.2 Å². The van der Waals surface area contributed by atoms with Gasteiger partial charge in [0.15, 0.2) is 0 Å². The van der Waals surface area contributed by atoms with Crippen LogP contribution in [0.1, 0.15) is 44.2 Å². The molecule has 4 heteroatoms. The van der Waals surface area contributed by atoms with E-state index in [0.29, 0.717) is 5.02 Å². The summed E-state index contributed by atoms with van der Waals surface area (Å²) in [5, 5.41) is 0.715. The zero-order valence-corrected chi connectivity index (χ0v) is 12.0. The van der Waals surface area contributed by atoms with E-state index in [1.54, 1.807) is 0 Å². The average Bonchev–Trinajstić information content (AvgIpc) is 2.40. The molecule has 0 aromatic heterocycles. The van der Waals surface area contributed by atoms with Crippen LogP contribution in [-0.2, 0) is 4.74 Å². The van der Waals surface area contributed by atoms with Crippen molar-refractivity contribution >= 4 is 11.6 Å². The Morgan fingerprint density at radius 2 is 2.26 bits per heavy atom. The van der Waals surface area contributed by atoms with Crippen molar-refractivity contribution in [2.45, 2.75) is 50.4 Å². The molecule has 3 rings (SSSR count). The van der Waals surface area contributed by atoms with Crippen molar-refractivity contribution in [1.29, 1.82) is 0 Å². The highest BCUT2D eigenvalue weighted by Gasteiger charge is 2.43. The van der Waals surface area contributed by atoms with E-state index in [1.165, 1.54) is 0 Å². The van der Waals surface area contributed by atoms with Gasteiger partial charge in [0.2, 0.25) is 0 Å². The summed E-state index contributed by atoms with van der Waals surface area (Å²) in [6.07, 6.45) is 4.00. The fraction of sp³-hybridized carbons (Fsp3) is 0.600. The van der Waals surface area contributed by atoms with E-state index >= 15 is 0 Å². The van der Waals surface area contributed by atoms with Crippen LogP contribution in [0.4, 0.5) is 0 Å². The molecule has 0 amide bonds. The molecule has 1 fully saturated rings. The van der Waals surface area contributed by atoms with Crippen molar-refractivity contribution in [3.8, 4) is 5.75 Å². The Kier molecular flexibility index (Phi) is 3.46. The number of hydrogen-bond acceptors (Lipinski definition) is 3. The quantitative estimate of drug-likeness (QED) is 0.857. The molecule has 2 heterocycles. The number of nitrogens with two attached hydrogens (primary N) is 1. The fourth-order valence-corrected chi connectivity index (χ4v) is 3.40. The van der Waals surface area contributed by atoms with Crippen LogP contribution in [0, 0.1) is 0 Å². The zero-order chi connectivity index (χ0) is 13.5. The second kappa shape index (κ2) is 4.97. The van der Waals surface area contributed by atoms with Gasteiger partial charge in [0.1, 0.15) is 11.4 Å². The summed E-state index contributed by atoms with van der Waals surface area (Å²) < 4.78 is 12.1. The van der Waals surface area contributed by atoms with Gasteiger partial charge in [-0.2, -0.15) is 0 Å². The Hall–Kier alpha value is -0.770. The first-order valence-electron chi connectivity index (χ1n) is 6.97. The zero-order valence-electron chi connectivity index (χ0n) is 11.2. The Morgan fingerprint density at radius 1 is 1.42 bits per heavy atom. The van der Waals surface area contributed by atoms with Crippen LogP contribution < -0.4 is 10.5 Å². The van der Waals surface area contributed by atoms with Gasteiger partial charge < -0.3 is 15.2 Å². The predicted molar refractivity (Wildman–Crippen MR) is 75.6 cm³/mol. The van der Waals surface area contributed by atoms with Gasteiger partial charge in [-0.25, -0.2) is 0 Å². The first-order valence-corrected chi connectivity index (χ1v) is 7.35. The van der Waals surface area contributed by atoms with Gasteiger partial charge in [0, 0.05) is 35.9 Å². The summed E-state index contributed by atoms with van der Waals surface area (Å²) in [6, 6.07) is 5.72. The van der Waals surface area contributed by atoms with Gasteiger partial charge in [-0.1, -0.05) is 18.5 Å². The predicted octanol–water partition coefficient (Wildman–Crippen LogP) is 3.45. The molecule has 1 saturated heterocycles. The maximum Gasteiger partial charge on any atom is 0.125 e. The number of halogens is 1. The molecule has 104 valence electrons. The van der Waals surface area contributed by atoms with Crippen molar-refractivity contribution in [1.82, 2.24) is 0 Å². The van der Waals surface area contributed by atoms with Crippen LogP contribution in [-0.4, -0.2) is 18.3 Å². The number of rotatable bonds is 1. The largest absolute Gasteiger partial charge is 0.487 e. The summed E-state index contributed by atoms with van der Waals surface area (Å²) in [5.41, 5.74) is 7.20. The van der Waals surface area contributed by atoms with E-state index < -0.39 is 0 Å². The third kappa shape index (κ3) is 2.47. The van der Waals surface area contributed by atoms with Gasteiger partial charge in [-0.3, -0.25) is 0 Å². The highest BCUT2D eigenvalue weighted by Crippen LogP contribution is 2.45. The van der Waals surface area contributed by atoms with E-state index in [2.05, 4.69) is 6.92 Å². The minimum absolute atomic E-state index is 0.00180. The minimum atomic E-state index is -0.154. The molecular weight excluding hydrogens is 262 g/mol. The molecule has 1 aromatic rings. The third-order valence-electron chi connectivity index (χ3n) is 4.26. The molecule has 1 spiro atoms. The second-order valence-electron chi connectivity index (χ2n) is 5.63. The molecule has 0 bridgehead atoms. The molecule has 19 heavy (non-hydrogen) atoms. The first-order chi connectivity index (χ1) is 9.12. The number of hydrogen-bond donors (Lipinski definition) is 1. The second-order valence-corrected chi connectivity index (χ2v) is 6.07. The first kappa shape index (κ1) is 13.2. The highest BCUT2D eigenvalue weighted by molar-refractivity contribution is 6.30. The van der Waals surface area contributed by atoms with Crippen molar-refractivity contribution in [2.24, 2.45) is 5.73 Å². The molecule has 0 saturated carbocycles. The van der Waals surface area contributed by atoms with Gasteiger partial charge in [0.25, 0.3) is 0 Å². The molecule has 3 unspecified atom stereocenters. The lowest BCUT2D eigenvalue weighted by Gasteiger charge is -2.45. The van der Waals surface area contributed by atoms with E-state index in [0.717, 1.165) is 43.6 Å². The summed E-state index contributed by atoms with van der Waals surface area (Å²) in [4.78, 5) is 0. The summed E-state index contributed by atoms with van der Waals surface area (Å²) in [6.45, 7) is 2.91. The van der Waals surface area contributed by atoms with E-state index in [-0.39, 0.29) is 17.7 Å².